The number of nitrogens with one attached hydrogen (secondary N) is 1. The Labute approximate surface area is 164 Å². The van der Waals surface area contributed by atoms with Gasteiger partial charge in [0.25, 0.3) is 0 Å². The third-order valence-electron chi connectivity index (χ3n) is 5.78. The lowest BCUT2D eigenvalue weighted by molar-refractivity contribution is 0.556. The van der Waals surface area contributed by atoms with E-state index in [0.717, 1.165) is 0 Å². The molecule has 0 aromatic carbocycles. The average Bonchev–Trinajstić information content (AvgIpc) is 3.10. The number of hydrogen-bond donors (Lipinski definition) is 1. The van der Waals surface area contributed by atoms with Gasteiger partial charge >= 0.3 is 0 Å². The van der Waals surface area contributed by atoms with E-state index in [1.165, 1.54) is 122 Å². The fraction of sp³-hybridized carbons (Fsp3) is 0.840. The van der Waals surface area contributed by atoms with Crippen LogP contribution < -0.4 is 0 Å². The van der Waals surface area contributed by atoms with E-state index in [4.69, 9.17) is 0 Å². The van der Waals surface area contributed by atoms with Gasteiger partial charge in [0.2, 0.25) is 0 Å². The lowest BCUT2D eigenvalue weighted by Gasteiger charge is -2.05. The minimum Gasteiger partial charge on any atom is -0.367 e. The molecular formula is C25H47N. The maximum absolute atomic E-state index is 3.35. The number of H-pyrrole nitrogens is 1. The van der Waals surface area contributed by atoms with Crippen LogP contribution in [0.3, 0.4) is 0 Å². The first-order valence-electron chi connectivity index (χ1n) is 12.0. The van der Waals surface area contributed by atoms with E-state index in [1.54, 1.807) is 11.1 Å². The summed E-state index contributed by atoms with van der Waals surface area (Å²) in [4.78, 5) is 3.35. The monoisotopic (exact) mass is 361 g/mol. The van der Waals surface area contributed by atoms with Gasteiger partial charge in [0.1, 0.15) is 0 Å². The standard InChI is InChI=1S/C25H47N/c1-3-5-7-9-11-12-13-15-17-19-21-25-23-26-22-24(25)20-18-16-14-10-8-6-4-2/h22-23,26H,3-21H2,1-2H3. The van der Waals surface area contributed by atoms with Crippen LogP contribution in [0.4, 0.5) is 0 Å². The Hall–Kier alpha value is -0.720. The molecule has 1 rings (SSSR count). The van der Waals surface area contributed by atoms with E-state index in [2.05, 4.69) is 31.2 Å². The molecule has 0 bridgehead atoms. The van der Waals surface area contributed by atoms with Crippen molar-refractivity contribution in [1.82, 2.24) is 4.98 Å². The van der Waals surface area contributed by atoms with Crippen molar-refractivity contribution < 1.29 is 0 Å². The zero-order valence-corrected chi connectivity index (χ0v) is 18.1. The van der Waals surface area contributed by atoms with E-state index in [9.17, 15) is 0 Å². The SMILES string of the molecule is CCCCCCCCCCCCc1c[nH]cc1CCCCCCCCC. The Balaban J connectivity index is 1.97. The quantitative estimate of drug-likeness (QED) is 0.237. The molecule has 0 spiro atoms. The molecule has 0 aliphatic heterocycles. The Kier molecular flexibility index (Phi) is 15.9. The molecule has 0 radical (unpaired) electrons. The smallest absolute Gasteiger partial charge is 0.00401 e. The maximum atomic E-state index is 3.35. The van der Waals surface area contributed by atoms with Crippen LogP contribution in [0.1, 0.15) is 134 Å². The van der Waals surface area contributed by atoms with Crippen LogP contribution in [0.15, 0.2) is 12.4 Å². The van der Waals surface area contributed by atoms with Crippen molar-refractivity contribution in [1.29, 1.82) is 0 Å². The first-order valence-corrected chi connectivity index (χ1v) is 12.0. The normalized spacial score (nSPS) is 11.3. The van der Waals surface area contributed by atoms with E-state index in [-0.39, 0.29) is 0 Å². The van der Waals surface area contributed by atoms with Crippen molar-refractivity contribution in [2.24, 2.45) is 0 Å². The largest absolute Gasteiger partial charge is 0.367 e. The molecule has 152 valence electrons. The molecule has 1 heterocycles. The summed E-state index contributed by atoms with van der Waals surface area (Å²) in [5, 5.41) is 0. The van der Waals surface area contributed by atoms with E-state index in [1.807, 2.05) is 0 Å². The summed E-state index contributed by atoms with van der Waals surface area (Å²) < 4.78 is 0. The van der Waals surface area contributed by atoms with Gasteiger partial charge in [-0.25, -0.2) is 0 Å². The van der Waals surface area contributed by atoms with Gasteiger partial charge in [-0.15, -0.1) is 0 Å². The molecule has 26 heavy (non-hydrogen) atoms. The summed E-state index contributed by atoms with van der Waals surface area (Å²) in [6.45, 7) is 4.59. The van der Waals surface area contributed by atoms with Crippen molar-refractivity contribution >= 4 is 0 Å². The second-order valence-electron chi connectivity index (χ2n) is 8.31. The van der Waals surface area contributed by atoms with Gasteiger partial charge in [-0.2, -0.15) is 0 Å². The van der Waals surface area contributed by atoms with Crippen LogP contribution in [-0.2, 0) is 12.8 Å². The van der Waals surface area contributed by atoms with Gasteiger partial charge in [-0.1, -0.05) is 110 Å². The predicted octanol–water partition coefficient (Wildman–Crippen LogP) is 8.77. The lowest BCUT2D eigenvalue weighted by atomic mass is 10.00. The average molecular weight is 362 g/mol. The fourth-order valence-corrected chi connectivity index (χ4v) is 3.97. The van der Waals surface area contributed by atoms with E-state index >= 15 is 0 Å². The molecule has 0 saturated carbocycles. The van der Waals surface area contributed by atoms with Crippen LogP contribution in [0.5, 0.6) is 0 Å². The molecule has 1 aromatic rings. The highest BCUT2D eigenvalue weighted by atomic mass is 14.6. The van der Waals surface area contributed by atoms with Crippen LogP contribution in [0.25, 0.3) is 0 Å². The summed E-state index contributed by atoms with van der Waals surface area (Å²) in [5.41, 5.74) is 3.19. The highest BCUT2D eigenvalue weighted by Crippen LogP contribution is 2.17. The van der Waals surface area contributed by atoms with Crippen LogP contribution in [-0.4, -0.2) is 4.98 Å². The number of aryl methyl sites for hydroxylation is 2. The molecule has 0 aliphatic rings. The van der Waals surface area contributed by atoms with Crippen molar-refractivity contribution in [3.8, 4) is 0 Å². The van der Waals surface area contributed by atoms with Crippen LogP contribution in [0.2, 0.25) is 0 Å². The van der Waals surface area contributed by atoms with Gasteiger partial charge < -0.3 is 4.98 Å². The summed E-state index contributed by atoms with van der Waals surface area (Å²) in [7, 11) is 0. The van der Waals surface area contributed by atoms with Gasteiger partial charge in [-0.3, -0.25) is 0 Å². The van der Waals surface area contributed by atoms with Crippen molar-refractivity contribution in [2.75, 3.05) is 0 Å². The third-order valence-corrected chi connectivity index (χ3v) is 5.78. The Morgan fingerprint density at radius 2 is 0.769 bits per heavy atom. The highest BCUT2D eigenvalue weighted by molar-refractivity contribution is 5.23. The second kappa shape index (κ2) is 17.7. The summed E-state index contributed by atoms with van der Waals surface area (Å²) >= 11 is 0. The number of rotatable bonds is 19. The Morgan fingerprint density at radius 1 is 0.462 bits per heavy atom. The molecule has 0 atom stereocenters. The zero-order valence-electron chi connectivity index (χ0n) is 18.1. The van der Waals surface area contributed by atoms with Crippen molar-refractivity contribution in [3.05, 3.63) is 23.5 Å². The van der Waals surface area contributed by atoms with Gasteiger partial charge in [-0.05, 0) is 36.8 Å². The minimum absolute atomic E-state index is 1.28. The van der Waals surface area contributed by atoms with E-state index < -0.39 is 0 Å². The number of hydrogen-bond acceptors (Lipinski definition) is 0. The third kappa shape index (κ3) is 12.6. The number of aromatic nitrogens is 1. The molecule has 0 saturated heterocycles. The molecule has 1 aromatic heterocycles. The molecule has 1 heteroatoms. The molecule has 0 amide bonds. The maximum Gasteiger partial charge on any atom is 0.00401 e. The first kappa shape index (κ1) is 23.3. The van der Waals surface area contributed by atoms with Crippen molar-refractivity contribution in [3.63, 3.8) is 0 Å². The van der Waals surface area contributed by atoms with Crippen LogP contribution in [0, 0.1) is 0 Å². The predicted molar refractivity (Wildman–Crippen MR) is 118 cm³/mol. The molecule has 1 nitrogen and oxygen atoms in total. The minimum atomic E-state index is 1.28. The molecule has 1 N–H and O–H groups in total. The topological polar surface area (TPSA) is 15.8 Å². The molecule has 0 unspecified atom stereocenters. The summed E-state index contributed by atoms with van der Waals surface area (Å²) in [6, 6.07) is 0. The molecule has 0 aliphatic carbocycles. The lowest BCUT2D eigenvalue weighted by Crippen LogP contribution is -1.92. The number of aromatic amines is 1. The van der Waals surface area contributed by atoms with Gasteiger partial charge in [0, 0.05) is 12.4 Å². The van der Waals surface area contributed by atoms with Crippen LogP contribution >= 0.6 is 0 Å². The number of unbranched alkanes of at least 4 members (excludes halogenated alkanes) is 15. The van der Waals surface area contributed by atoms with E-state index in [0.29, 0.717) is 0 Å². The Bertz CT molecular complexity index is 393. The van der Waals surface area contributed by atoms with Crippen molar-refractivity contribution in [2.45, 2.75) is 136 Å². The highest BCUT2D eigenvalue weighted by Gasteiger charge is 2.04. The van der Waals surface area contributed by atoms with Gasteiger partial charge in [0.15, 0.2) is 0 Å². The summed E-state index contributed by atoms with van der Waals surface area (Å²) in [6.07, 6.45) is 31.2. The zero-order chi connectivity index (χ0) is 18.7. The summed E-state index contributed by atoms with van der Waals surface area (Å²) in [5.74, 6) is 0. The fourth-order valence-electron chi connectivity index (χ4n) is 3.97. The Morgan fingerprint density at radius 3 is 1.12 bits per heavy atom. The first-order chi connectivity index (χ1) is 12.9. The molecular weight excluding hydrogens is 314 g/mol. The molecule has 0 fully saturated rings. The van der Waals surface area contributed by atoms with Gasteiger partial charge in [0.05, 0.1) is 0 Å². The second-order valence-corrected chi connectivity index (χ2v) is 8.31.